The van der Waals surface area contributed by atoms with Gasteiger partial charge < -0.3 is 4.57 Å². The fraction of sp³-hybridized carbons (Fsp3) is 0.333. The normalized spacial score (nSPS) is 11.8. The van der Waals surface area contributed by atoms with Gasteiger partial charge in [-0.1, -0.05) is 38.1 Å². The van der Waals surface area contributed by atoms with Crippen LogP contribution >= 0.6 is 0 Å². The number of aryl methyl sites for hydroxylation is 2. The van der Waals surface area contributed by atoms with Gasteiger partial charge in [0.15, 0.2) is 11.2 Å². The summed E-state index contributed by atoms with van der Waals surface area (Å²) in [7, 11) is 4.74. The predicted octanol–water partition coefficient (Wildman–Crippen LogP) is 1.54. The number of hydrogen-bond donors (Lipinski definition) is 1. The minimum absolute atomic E-state index is 0.319. The maximum Gasteiger partial charge on any atom is 0.332 e. The molecule has 0 fully saturated rings. The van der Waals surface area contributed by atoms with Crippen LogP contribution in [0.25, 0.3) is 11.2 Å². The van der Waals surface area contributed by atoms with Crippen molar-refractivity contribution in [1.29, 1.82) is 0 Å². The summed E-state index contributed by atoms with van der Waals surface area (Å²) in [4.78, 5) is 28.7. The first kappa shape index (κ1) is 17.7. The van der Waals surface area contributed by atoms with E-state index in [1.165, 1.54) is 17.2 Å². The first-order valence-corrected chi connectivity index (χ1v) is 8.32. The Bertz CT molecular complexity index is 1100. The van der Waals surface area contributed by atoms with E-state index in [-0.39, 0.29) is 5.56 Å². The van der Waals surface area contributed by atoms with Crippen LogP contribution in [0.2, 0.25) is 0 Å². The molecule has 0 radical (unpaired) electrons. The Morgan fingerprint density at radius 3 is 2.31 bits per heavy atom. The molecule has 0 amide bonds. The average molecular weight is 354 g/mol. The molecule has 0 bridgehead atoms. The molecule has 3 rings (SSSR count). The molecule has 0 unspecified atom stereocenters. The number of imidazole rings is 1. The molecule has 8 heteroatoms. The highest BCUT2D eigenvalue weighted by Gasteiger charge is 2.16. The second kappa shape index (κ2) is 6.62. The molecule has 0 spiro atoms. The number of anilines is 1. The van der Waals surface area contributed by atoms with Crippen molar-refractivity contribution >= 4 is 23.3 Å². The minimum atomic E-state index is -0.416. The SMILES string of the molecule is CC(C)c1ccc(/C=N\Nc2nc3c(c(=O)n(C)c(=O)n3C)n2C)cc1. The maximum absolute atomic E-state index is 12.3. The van der Waals surface area contributed by atoms with Crippen LogP contribution in [0.15, 0.2) is 39.0 Å². The van der Waals surface area contributed by atoms with E-state index in [2.05, 4.69) is 41.5 Å². The van der Waals surface area contributed by atoms with E-state index in [1.54, 1.807) is 24.9 Å². The molecular weight excluding hydrogens is 332 g/mol. The molecule has 26 heavy (non-hydrogen) atoms. The monoisotopic (exact) mass is 354 g/mol. The van der Waals surface area contributed by atoms with Crippen molar-refractivity contribution in [2.75, 3.05) is 5.43 Å². The Balaban J connectivity index is 1.91. The van der Waals surface area contributed by atoms with Crippen molar-refractivity contribution in [3.05, 3.63) is 56.2 Å². The quantitative estimate of drug-likeness (QED) is 0.569. The fourth-order valence-electron chi connectivity index (χ4n) is 2.75. The zero-order valence-corrected chi connectivity index (χ0v) is 15.5. The van der Waals surface area contributed by atoms with Crippen molar-refractivity contribution in [2.24, 2.45) is 26.2 Å². The molecule has 2 heterocycles. The molecule has 1 aromatic carbocycles. The molecule has 0 aliphatic heterocycles. The van der Waals surface area contributed by atoms with Crippen LogP contribution in [-0.4, -0.2) is 24.9 Å². The van der Waals surface area contributed by atoms with Gasteiger partial charge in [0.1, 0.15) is 0 Å². The van der Waals surface area contributed by atoms with E-state index in [0.717, 1.165) is 10.1 Å². The van der Waals surface area contributed by atoms with Crippen LogP contribution in [0.5, 0.6) is 0 Å². The van der Waals surface area contributed by atoms with Crippen LogP contribution in [0.4, 0.5) is 5.95 Å². The van der Waals surface area contributed by atoms with Gasteiger partial charge in [0.2, 0.25) is 5.95 Å². The van der Waals surface area contributed by atoms with Crippen LogP contribution in [-0.2, 0) is 21.1 Å². The Hall–Kier alpha value is -3.16. The van der Waals surface area contributed by atoms with Crippen molar-refractivity contribution in [3.63, 3.8) is 0 Å². The molecule has 136 valence electrons. The lowest BCUT2D eigenvalue weighted by atomic mass is 10.0. The molecule has 0 aliphatic rings. The summed E-state index contributed by atoms with van der Waals surface area (Å²) in [6.45, 7) is 4.29. The number of rotatable bonds is 4. The smallest absolute Gasteiger partial charge is 0.306 e. The van der Waals surface area contributed by atoms with Crippen LogP contribution in [0.3, 0.4) is 0 Å². The number of nitrogens with zero attached hydrogens (tertiary/aromatic N) is 5. The van der Waals surface area contributed by atoms with Gasteiger partial charge in [0.05, 0.1) is 6.21 Å². The predicted molar refractivity (Wildman–Crippen MR) is 103 cm³/mol. The third-order valence-corrected chi connectivity index (χ3v) is 4.46. The van der Waals surface area contributed by atoms with Gasteiger partial charge >= 0.3 is 5.69 Å². The summed E-state index contributed by atoms with van der Waals surface area (Å²) >= 11 is 0. The molecule has 2 aromatic heterocycles. The number of hydrazone groups is 1. The summed E-state index contributed by atoms with van der Waals surface area (Å²) in [6.07, 6.45) is 1.68. The van der Waals surface area contributed by atoms with Gasteiger partial charge in [-0.05, 0) is 17.0 Å². The highest BCUT2D eigenvalue weighted by molar-refractivity contribution is 5.80. The number of hydrogen-bond acceptors (Lipinski definition) is 5. The molecule has 1 N–H and O–H groups in total. The van der Waals surface area contributed by atoms with Crippen LogP contribution in [0, 0.1) is 0 Å². The first-order chi connectivity index (χ1) is 12.3. The number of aromatic nitrogens is 4. The molecule has 0 atom stereocenters. The van der Waals surface area contributed by atoms with E-state index in [0.29, 0.717) is 23.0 Å². The van der Waals surface area contributed by atoms with Gasteiger partial charge in [-0.2, -0.15) is 10.1 Å². The van der Waals surface area contributed by atoms with Crippen LogP contribution in [0.1, 0.15) is 30.9 Å². The topological polar surface area (TPSA) is 86.2 Å². The molecule has 8 nitrogen and oxygen atoms in total. The zero-order valence-electron chi connectivity index (χ0n) is 15.5. The minimum Gasteiger partial charge on any atom is -0.306 e. The second-order valence-electron chi connectivity index (χ2n) is 6.56. The zero-order chi connectivity index (χ0) is 19.0. The summed E-state index contributed by atoms with van der Waals surface area (Å²) in [5.41, 5.74) is 4.91. The average Bonchev–Trinajstić information content (AvgIpc) is 2.95. The highest BCUT2D eigenvalue weighted by Crippen LogP contribution is 2.15. The lowest BCUT2D eigenvalue weighted by Crippen LogP contribution is -2.37. The van der Waals surface area contributed by atoms with Gasteiger partial charge in [0.25, 0.3) is 5.56 Å². The largest absolute Gasteiger partial charge is 0.332 e. The highest BCUT2D eigenvalue weighted by atomic mass is 16.2. The third kappa shape index (κ3) is 2.94. The van der Waals surface area contributed by atoms with Gasteiger partial charge in [-0.3, -0.25) is 13.9 Å². The molecule has 0 aliphatic carbocycles. The number of fused-ring (bicyclic) bond motifs is 1. The molecule has 0 saturated carbocycles. The lowest BCUT2D eigenvalue weighted by Gasteiger charge is -2.04. The summed E-state index contributed by atoms with van der Waals surface area (Å²) < 4.78 is 4.00. The summed E-state index contributed by atoms with van der Waals surface area (Å²) in [6, 6.07) is 8.13. The van der Waals surface area contributed by atoms with Crippen molar-refractivity contribution in [1.82, 2.24) is 18.7 Å². The van der Waals surface area contributed by atoms with E-state index in [1.807, 2.05) is 12.1 Å². The second-order valence-corrected chi connectivity index (χ2v) is 6.56. The Labute approximate surface area is 150 Å². The third-order valence-electron chi connectivity index (χ3n) is 4.46. The fourth-order valence-corrected chi connectivity index (χ4v) is 2.75. The van der Waals surface area contributed by atoms with E-state index < -0.39 is 5.69 Å². The molecule has 0 saturated heterocycles. The van der Waals surface area contributed by atoms with E-state index in [4.69, 9.17) is 0 Å². The van der Waals surface area contributed by atoms with Gasteiger partial charge in [-0.25, -0.2) is 10.2 Å². The van der Waals surface area contributed by atoms with Crippen molar-refractivity contribution < 1.29 is 0 Å². The maximum atomic E-state index is 12.3. The first-order valence-electron chi connectivity index (χ1n) is 8.32. The number of benzene rings is 1. The van der Waals surface area contributed by atoms with Crippen LogP contribution < -0.4 is 16.7 Å². The van der Waals surface area contributed by atoms with Gasteiger partial charge in [0, 0.05) is 21.1 Å². The lowest BCUT2D eigenvalue weighted by molar-refractivity contribution is 0.705. The summed E-state index contributed by atoms with van der Waals surface area (Å²) in [5.74, 6) is 0.863. The van der Waals surface area contributed by atoms with Crippen molar-refractivity contribution in [3.8, 4) is 0 Å². The van der Waals surface area contributed by atoms with E-state index >= 15 is 0 Å². The standard InChI is InChI=1S/C18H22N6O2/c1-11(2)13-8-6-12(7-9-13)10-19-21-17-20-15-14(22(17)3)16(25)24(5)18(26)23(15)4/h6-11H,1-5H3,(H,20,21)/b19-10-. The number of nitrogens with one attached hydrogen (secondary N) is 1. The molecule has 3 aromatic rings. The van der Waals surface area contributed by atoms with Gasteiger partial charge in [-0.15, -0.1) is 0 Å². The van der Waals surface area contributed by atoms with E-state index in [9.17, 15) is 9.59 Å². The van der Waals surface area contributed by atoms with Crippen molar-refractivity contribution in [2.45, 2.75) is 19.8 Å². The Morgan fingerprint density at radius 1 is 1.04 bits per heavy atom. The Morgan fingerprint density at radius 2 is 1.69 bits per heavy atom. The molecular formula is C18H22N6O2. The summed E-state index contributed by atoms with van der Waals surface area (Å²) in [5, 5.41) is 4.19. The Kier molecular flexibility index (Phi) is 4.50.